The molecule has 1 aliphatic carbocycles. The molecule has 0 aromatic heterocycles. The van der Waals surface area contributed by atoms with Gasteiger partial charge in [-0.25, -0.2) is 0 Å². The Kier molecular flexibility index (Phi) is 11.5. The second-order valence-corrected chi connectivity index (χ2v) is 4.69. The summed E-state index contributed by atoms with van der Waals surface area (Å²) in [5.74, 6) is 0.101. The van der Waals surface area contributed by atoms with Crippen LogP contribution in [0.15, 0.2) is 0 Å². The molecule has 1 amide bonds. The zero-order valence-corrected chi connectivity index (χ0v) is 12.2. The fraction of sp³-hybridized carbons (Fsp3) is 0.923. The summed E-state index contributed by atoms with van der Waals surface area (Å²) in [7, 11) is 1.85. The zero-order valence-electron chi connectivity index (χ0n) is 11.4. The van der Waals surface area contributed by atoms with E-state index in [9.17, 15) is 4.79 Å². The van der Waals surface area contributed by atoms with Crippen LogP contribution in [0.2, 0.25) is 0 Å². The van der Waals surface area contributed by atoms with E-state index < -0.39 is 0 Å². The molecular formula is C13H27ClN2O2. The van der Waals surface area contributed by atoms with Crippen molar-refractivity contribution in [2.24, 2.45) is 0 Å². The third-order valence-electron chi connectivity index (χ3n) is 3.18. The lowest BCUT2D eigenvalue weighted by Gasteiger charge is -2.15. The van der Waals surface area contributed by atoms with E-state index in [1.807, 2.05) is 7.05 Å². The summed E-state index contributed by atoms with van der Waals surface area (Å²) < 4.78 is 5.79. The second kappa shape index (κ2) is 11.8. The number of ether oxygens (including phenoxy) is 1. The van der Waals surface area contributed by atoms with Crippen molar-refractivity contribution in [2.75, 3.05) is 26.7 Å². The van der Waals surface area contributed by atoms with Crippen molar-refractivity contribution in [1.29, 1.82) is 0 Å². The Morgan fingerprint density at radius 3 is 2.44 bits per heavy atom. The minimum Gasteiger partial charge on any atom is -0.376 e. The average molecular weight is 279 g/mol. The Bertz CT molecular complexity index is 207. The molecule has 18 heavy (non-hydrogen) atoms. The molecule has 1 saturated carbocycles. The summed E-state index contributed by atoms with van der Waals surface area (Å²) in [4.78, 5) is 11.3. The molecule has 5 heteroatoms. The van der Waals surface area contributed by atoms with Gasteiger partial charge in [-0.05, 0) is 19.9 Å². The summed E-state index contributed by atoms with van der Waals surface area (Å²) in [5, 5.41) is 5.82. The van der Waals surface area contributed by atoms with Crippen LogP contribution in [0.25, 0.3) is 0 Å². The number of rotatable bonds is 7. The maximum Gasteiger partial charge on any atom is 0.221 e. The number of carbonyl (C=O) groups is 1. The highest BCUT2D eigenvalue weighted by Crippen LogP contribution is 2.19. The first-order valence-electron chi connectivity index (χ1n) is 6.86. The summed E-state index contributed by atoms with van der Waals surface area (Å²) in [5.41, 5.74) is 0. The second-order valence-electron chi connectivity index (χ2n) is 4.69. The van der Waals surface area contributed by atoms with Gasteiger partial charge in [0.2, 0.25) is 5.91 Å². The van der Waals surface area contributed by atoms with Gasteiger partial charge in [0.05, 0.1) is 12.7 Å². The molecule has 1 aliphatic rings. The predicted molar refractivity (Wildman–Crippen MR) is 76.2 cm³/mol. The van der Waals surface area contributed by atoms with Gasteiger partial charge in [0.1, 0.15) is 0 Å². The largest absolute Gasteiger partial charge is 0.376 e. The molecule has 0 aromatic carbocycles. The van der Waals surface area contributed by atoms with Crippen LogP contribution in [-0.4, -0.2) is 38.8 Å². The SMILES string of the molecule is CNCCC(=O)NCCOC1CCCCCC1.Cl. The van der Waals surface area contributed by atoms with Gasteiger partial charge in [-0.2, -0.15) is 0 Å². The van der Waals surface area contributed by atoms with Crippen LogP contribution >= 0.6 is 12.4 Å². The Hall–Kier alpha value is -0.320. The van der Waals surface area contributed by atoms with E-state index in [2.05, 4.69) is 10.6 Å². The van der Waals surface area contributed by atoms with Crippen LogP contribution in [0.4, 0.5) is 0 Å². The van der Waals surface area contributed by atoms with Crippen LogP contribution in [0.5, 0.6) is 0 Å². The van der Waals surface area contributed by atoms with Gasteiger partial charge in [0, 0.05) is 19.5 Å². The van der Waals surface area contributed by atoms with Gasteiger partial charge in [-0.3, -0.25) is 4.79 Å². The fourth-order valence-electron chi connectivity index (χ4n) is 2.15. The van der Waals surface area contributed by atoms with Crippen LogP contribution in [0.1, 0.15) is 44.9 Å². The van der Waals surface area contributed by atoms with Crippen LogP contribution < -0.4 is 10.6 Å². The molecule has 4 nitrogen and oxygen atoms in total. The molecule has 0 spiro atoms. The Labute approximate surface area is 117 Å². The minimum absolute atomic E-state index is 0. The van der Waals surface area contributed by atoms with Gasteiger partial charge in [-0.15, -0.1) is 12.4 Å². The summed E-state index contributed by atoms with van der Waals surface area (Å²) in [6.07, 6.45) is 8.62. The van der Waals surface area contributed by atoms with E-state index >= 15 is 0 Å². The van der Waals surface area contributed by atoms with Crippen molar-refractivity contribution in [1.82, 2.24) is 10.6 Å². The topological polar surface area (TPSA) is 50.4 Å². The number of carbonyl (C=O) groups excluding carboxylic acids is 1. The molecule has 0 heterocycles. The van der Waals surface area contributed by atoms with E-state index in [-0.39, 0.29) is 18.3 Å². The molecule has 0 bridgehead atoms. The molecule has 0 aromatic rings. The summed E-state index contributed by atoms with van der Waals surface area (Å²) >= 11 is 0. The smallest absolute Gasteiger partial charge is 0.221 e. The molecular weight excluding hydrogens is 252 g/mol. The lowest BCUT2D eigenvalue weighted by molar-refractivity contribution is -0.121. The number of amides is 1. The van der Waals surface area contributed by atoms with E-state index in [1.54, 1.807) is 0 Å². The lowest BCUT2D eigenvalue weighted by atomic mass is 10.1. The van der Waals surface area contributed by atoms with E-state index in [0.717, 1.165) is 6.54 Å². The fourth-order valence-corrected chi connectivity index (χ4v) is 2.15. The molecule has 1 rings (SSSR count). The standard InChI is InChI=1S/C13H26N2O2.ClH/c1-14-9-8-13(16)15-10-11-17-12-6-4-2-3-5-7-12;/h12,14H,2-11H2,1H3,(H,15,16);1H. The average Bonchev–Trinajstić information content (AvgIpc) is 2.60. The molecule has 2 N–H and O–H groups in total. The van der Waals surface area contributed by atoms with Crippen LogP contribution in [0.3, 0.4) is 0 Å². The monoisotopic (exact) mass is 278 g/mol. The zero-order chi connectivity index (χ0) is 12.3. The van der Waals surface area contributed by atoms with E-state index in [0.29, 0.717) is 25.7 Å². The molecule has 0 saturated heterocycles. The first-order valence-corrected chi connectivity index (χ1v) is 6.86. The highest BCUT2D eigenvalue weighted by Gasteiger charge is 2.12. The lowest BCUT2D eigenvalue weighted by Crippen LogP contribution is -2.30. The quantitative estimate of drug-likeness (QED) is 0.552. The predicted octanol–water partition coefficient (Wildman–Crippen LogP) is 1.87. The van der Waals surface area contributed by atoms with Gasteiger partial charge < -0.3 is 15.4 Å². The highest BCUT2D eigenvalue weighted by atomic mass is 35.5. The summed E-state index contributed by atoms with van der Waals surface area (Å²) in [6, 6.07) is 0. The van der Waals surface area contributed by atoms with E-state index in [4.69, 9.17) is 4.74 Å². The normalized spacial score (nSPS) is 16.7. The number of nitrogens with one attached hydrogen (secondary N) is 2. The van der Waals surface area contributed by atoms with Crippen molar-refractivity contribution in [3.8, 4) is 0 Å². The maximum absolute atomic E-state index is 11.3. The van der Waals surface area contributed by atoms with Crippen molar-refractivity contribution < 1.29 is 9.53 Å². The molecule has 1 fully saturated rings. The Balaban J connectivity index is 0.00000289. The van der Waals surface area contributed by atoms with Crippen molar-refractivity contribution >= 4 is 18.3 Å². The minimum atomic E-state index is 0. The van der Waals surface area contributed by atoms with Gasteiger partial charge in [0.15, 0.2) is 0 Å². The molecule has 0 radical (unpaired) electrons. The molecule has 0 unspecified atom stereocenters. The van der Waals surface area contributed by atoms with Crippen LogP contribution in [-0.2, 0) is 9.53 Å². The molecule has 108 valence electrons. The number of halogens is 1. The van der Waals surface area contributed by atoms with Gasteiger partial charge in [0.25, 0.3) is 0 Å². The van der Waals surface area contributed by atoms with Gasteiger partial charge >= 0.3 is 0 Å². The molecule has 0 aliphatic heterocycles. The first-order chi connectivity index (χ1) is 8.33. The van der Waals surface area contributed by atoms with Crippen LogP contribution in [0, 0.1) is 0 Å². The Morgan fingerprint density at radius 2 is 1.83 bits per heavy atom. The highest BCUT2D eigenvalue weighted by molar-refractivity contribution is 5.85. The summed E-state index contributed by atoms with van der Waals surface area (Å²) in [6.45, 7) is 2.02. The number of hydrogen-bond donors (Lipinski definition) is 2. The van der Waals surface area contributed by atoms with Crippen molar-refractivity contribution in [2.45, 2.75) is 51.0 Å². The number of hydrogen-bond acceptors (Lipinski definition) is 3. The molecule has 0 atom stereocenters. The van der Waals surface area contributed by atoms with Crippen molar-refractivity contribution in [3.05, 3.63) is 0 Å². The Morgan fingerprint density at radius 1 is 1.17 bits per heavy atom. The third-order valence-corrected chi connectivity index (χ3v) is 3.18. The first kappa shape index (κ1) is 17.7. The van der Waals surface area contributed by atoms with E-state index in [1.165, 1.54) is 38.5 Å². The van der Waals surface area contributed by atoms with Crippen molar-refractivity contribution in [3.63, 3.8) is 0 Å². The third kappa shape index (κ3) is 8.72. The van der Waals surface area contributed by atoms with Gasteiger partial charge in [-0.1, -0.05) is 25.7 Å². The maximum atomic E-state index is 11.3.